The van der Waals surface area contributed by atoms with Crippen LogP contribution >= 0.6 is 11.3 Å². The standard InChI is InChI=1S/C21H23N3O3S2/c1-2-3-6-15-9-10-18-19(13-15)28-21(22-18)23-20(25)16-7-4-8-17(14-16)24-11-5-12-29(24,26)27/h4,7-10,13-14H,2-3,5-6,11-12H2,1H3,(H,22,23,25). The lowest BCUT2D eigenvalue weighted by Crippen LogP contribution is -2.25. The molecule has 1 fully saturated rings. The number of amides is 1. The number of unbranched alkanes of at least 4 members (excludes halogenated alkanes) is 1. The molecule has 1 saturated heterocycles. The van der Waals surface area contributed by atoms with E-state index >= 15 is 0 Å². The number of sulfonamides is 1. The second-order valence-corrected chi connectivity index (χ2v) is 10.2. The Labute approximate surface area is 174 Å². The van der Waals surface area contributed by atoms with Gasteiger partial charge in [0.1, 0.15) is 0 Å². The molecule has 1 aliphatic heterocycles. The van der Waals surface area contributed by atoms with Gasteiger partial charge in [0, 0.05) is 12.1 Å². The number of benzene rings is 2. The van der Waals surface area contributed by atoms with Gasteiger partial charge in [-0.05, 0) is 55.2 Å². The summed E-state index contributed by atoms with van der Waals surface area (Å²) in [6.45, 7) is 2.62. The predicted molar refractivity (Wildman–Crippen MR) is 118 cm³/mol. The minimum atomic E-state index is -3.28. The van der Waals surface area contributed by atoms with Crippen LogP contribution in [0.4, 0.5) is 10.8 Å². The highest BCUT2D eigenvalue weighted by Gasteiger charge is 2.28. The summed E-state index contributed by atoms with van der Waals surface area (Å²) in [7, 11) is -3.28. The van der Waals surface area contributed by atoms with E-state index in [1.165, 1.54) is 21.2 Å². The van der Waals surface area contributed by atoms with Crippen LogP contribution in [0.25, 0.3) is 10.2 Å². The monoisotopic (exact) mass is 429 g/mol. The summed E-state index contributed by atoms with van der Waals surface area (Å²) in [4.78, 5) is 17.2. The van der Waals surface area contributed by atoms with Crippen molar-refractivity contribution in [2.75, 3.05) is 21.9 Å². The van der Waals surface area contributed by atoms with Gasteiger partial charge < -0.3 is 0 Å². The highest BCUT2D eigenvalue weighted by molar-refractivity contribution is 7.93. The first-order valence-corrected chi connectivity index (χ1v) is 12.2. The summed E-state index contributed by atoms with van der Waals surface area (Å²) >= 11 is 1.45. The molecule has 29 heavy (non-hydrogen) atoms. The van der Waals surface area contributed by atoms with Crippen LogP contribution in [0, 0.1) is 0 Å². The zero-order chi connectivity index (χ0) is 20.4. The summed E-state index contributed by atoms with van der Waals surface area (Å²) < 4.78 is 26.7. The van der Waals surface area contributed by atoms with Gasteiger partial charge in [-0.2, -0.15) is 0 Å². The number of aromatic nitrogens is 1. The Kier molecular flexibility index (Phi) is 5.56. The molecule has 8 heteroatoms. The molecule has 1 aliphatic rings. The molecule has 0 spiro atoms. The fourth-order valence-corrected chi connectivity index (χ4v) is 5.94. The van der Waals surface area contributed by atoms with Crippen molar-refractivity contribution in [3.63, 3.8) is 0 Å². The third kappa shape index (κ3) is 4.28. The van der Waals surface area contributed by atoms with Crippen molar-refractivity contribution in [1.82, 2.24) is 4.98 Å². The first-order valence-electron chi connectivity index (χ1n) is 9.77. The van der Waals surface area contributed by atoms with Crippen LogP contribution in [0.3, 0.4) is 0 Å². The van der Waals surface area contributed by atoms with Crippen LogP contribution < -0.4 is 9.62 Å². The maximum Gasteiger partial charge on any atom is 0.257 e. The molecule has 0 saturated carbocycles. The molecule has 4 rings (SSSR count). The Morgan fingerprint density at radius 3 is 2.86 bits per heavy atom. The topological polar surface area (TPSA) is 79.4 Å². The number of nitrogens with one attached hydrogen (secondary N) is 1. The highest BCUT2D eigenvalue weighted by Crippen LogP contribution is 2.29. The predicted octanol–water partition coefficient (Wildman–Crippen LogP) is 4.43. The Hall–Kier alpha value is -2.45. The van der Waals surface area contributed by atoms with E-state index in [9.17, 15) is 13.2 Å². The maximum absolute atomic E-state index is 12.7. The minimum Gasteiger partial charge on any atom is -0.298 e. The number of aryl methyl sites for hydroxylation is 1. The fraction of sp³-hybridized carbons (Fsp3) is 0.333. The Bertz CT molecular complexity index is 1150. The molecular weight excluding hydrogens is 406 g/mol. The number of carbonyl (C=O) groups excluding carboxylic acids is 1. The Balaban J connectivity index is 1.53. The SMILES string of the molecule is CCCCc1ccc2nc(NC(=O)c3cccc(N4CCCS4(=O)=O)c3)sc2c1. The van der Waals surface area contributed by atoms with Gasteiger partial charge in [0.15, 0.2) is 5.13 Å². The molecular formula is C21H23N3O3S2. The van der Waals surface area contributed by atoms with Crippen LogP contribution in [0.5, 0.6) is 0 Å². The molecule has 0 aliphatic carbocycles. The molecule has 0 radical (unpaired) electrons. The molecule has 1 aromatic heterocycles. The third-order valence-corrected chi connectivity index (χ3v) is 7.79. The zero-order valence-corrected chi connectivity index (χ0v) is 17.9. The summed E-state index contributed by atoms with van der Waals surface area (Å²) in [6, 6.07) is 12.9. The van der Waals surface area contributed by atoms with E-state index in [0.717, 1.165) is 29.5 Å². The van der Waals surface area contributed by atoms with Gasteiger partial charge in [-0.15, -0.1) is 0 Å². The minimum absolute atomic E-state index is 0.148. The van der Waals surface area contributed by atoms with E-state index in [-0.39, 0.29) is 11.7 Å². The number of rotatable bonds is 6. The molecule has 1 N–H and O–H groups in total. The molecule has 6 nitrogen and oxygen atoms in total. The van der Waals surface area contributed by atoms with Gasteiger partial charge in [0.05, 0.1) is 21.7 Å². The van der Waals surface area contributed by atoms with Crippen molar-refractivity contribution in [1.29, 1.82) is 0 Å². The molecule has 0 atom stereocenters. The number of hydrogen-bond donors (Lipinski definition) is 1. The third-order valence-electron chi connectivity index (χ3n) is 4.99. The molecule has 2 heterocycles. The second-order valence-electron chi connectivity index (χ2n) is 7.17. The fourth-order valence-electron chi connectivity index (χ4n) is 3.46. The highest BCUT2D eigenvalue weighted by atomic mass is 32.2. The average molecular weight is 430 g/mol. The maximum atomic E-state index is 12.7. The van der Waals surface area contributed by atoms with E-state index in [0.29, 0.717) is 29.3 Å². The summed E-state index contributed by atoms with van der Waals surface area (Å²) in [6.07, 6.45) is 3.94. The molecule has 2 aromatic carbocycles. The smallest absolute Gasteiger partial charge is 0.257 e. The molecule has 3 aromatic rings. The first kappa shape index (κ1) is 19.8. The summed E-state index contributed by atoms with van der Waals surface area (Å²) in [5, 5.41) is 3.39. The van der Waals surface area contributed by atoms with Gasteiger partial charge >= 0.3 is 0 Å². The van der Waals surface area contributed by atoms with Crippen molar-refractivity contribution >= 4 is 48.3 Å². The second kappa shape index (κ2) is 8.12. The summed E-state index contributed by atoms with van der Waals surface area (Å²) in [5.41, 5.74) is 3.08. The van der Waals surface area contributed by atoms with Crippen molar-refractivity contribution in [2.24, 2.45) is 0 Å². The molecule has 152 valence electrons. The van der Waals surface area contributed by atoms with Crippen molar-refractivity contribution in [3.05, 3.63) is 53.6 Å². The molecule has 0 bridgehead atoms. The lowest BCUT2D eigenvalue weighted by Gasteiger charge is -2.17. The first-order chi connectivity index (χ1) is 14.0. The van der Waals surface area contributed by atoms with E-state index in [4.69, 9.17) is 0 Å². The average Bonchev–Trinajstić information content (AvgIpc) is 3.27. The van der Waals surface area contributed by atoms with E-state index in [1.807, 2.05) is 6.07 Å². The van der Waals surface area contributed by atoms with E-state index in [1.54, 1.807) is 24.3 Å². The lowest BCUT2D eigenvalue weighted by atomic mass is 10.1. The number of thiazole rings is 1. The van der Waals surface area contributed by atoms with Gasteiger partial charge in [-0.3, -0.25) is 14.4 Å². The largest absolute Gasteiger partial charge is 0.298 e. The lowest BCUT2D eigenvalue weighted by molar-refractivity contribution is 0.102. The van der Waals surface area contributed by atoms with Crippen LogP contribution in [-0.4, -0.2) is 31.6 Å². The number of hydrogen-bond acceptors (Lipinski definition) is 5. The van der Waals surface area contributed by atoms with E-state index in [2.05, 4.69) is 29.4 Å². The normalized spacial score (nSPS) is 15.7. The molecule has 0 unspecified atom stereocenters. The summed E-state index contributed by atoms with van der Waals surface area (Å²) in [5.74, 6) is -0.149. The molecule has 1 amide bonds. The van der Waals surface area contributed by atoms with Gasteiger partial charge in [0.25, 0.3) is 5.91 Å². The number of carbonyl (C=O) groups is 1. The van der Waals surface area contributed by atoms with Crippen LogP contribution in [0.1, 0.15) is 42.1 Å². The number of anilines is 2. The van der Waals surface area contributed by atoms with E-state index < -0.39 is 10.0 Å². The zero-order valence-electron chi connectivity index (χ0n) is 16.2. The van der Waals surface area contributed by atoms with Crippen LogP contribution in [0.15, 0.2) is 42.5 Å². The van der Waals surface area contributed by atoms with Crippen LogP contribution in [-0.2, 0) is 16.4 Å². The quantitative estimate of drug-likeness (QED) is 0.629. The van der Waals surface area contributed by atoms with Gasteiger partial charge in [-0.25, -0.2) is 13.4 Å². The van der Waals surface area contributed by atoms with Crippen molar-refractivity contribution < 1.29 is 13.2 Å². The van der Waals surface area contributed by atoms with Crippen molar-refractivity contribution in [3.8, 4) is 0 Å². The Morgan fingerprint density at radius 2 is 2.10 bits per heavy atom. The Morgan fingerprint density at radius 1 is 1.24 bits per heavy atom. The van der Waals surface area contributed by atoms with Gasteiger partial charge in [-0.1, -0.05) is 36.8 Å². The number of fused-ring (bicyclic) bond motifs is 1. The van der Waals surface area contributed by atoms with Gasteiger partial charge in [0.2, 0.25) is 10.0 Å². The van der Waals surface area contributed by atoms with Crippen molar-refractivity contribution in [2.45, 2.75) is 32.6 Å². The number of nitrogens with zero attached hydrogens (tertiary/aromatic N) is 2. The van der Waals surface area contributed by atoms with Crippen LogP contribution in [0.2, 0.25) is 0 Å².